The molecule has 8 nitrogen and oxygen atoms in total. The number of nitrogens with zero attached hydrogens (tertiary/aromatic N) is 4. The maximum Gasteiger partial charge on any atom is 0.410 e. The third-order valence-corrected chi connectivity index (χ3v) is 7.77. The molecule has 3 aliphatic rings. The number of nitrogens with one attached hydrogen (secondary N) is 1. The largest absolute Gasteiger partial charge is 0.444 e. The highest BCUT2D eigenvalue weighted by Gasteiger charge is 2.44. The predicted molar refractivity (Wildman–Crippen MR) is 133 cm³/mol. The van der Waals surface area contributed by atoms with Gasteiger partial charge in [-0.25, -0.2) is 9.48 Å². The van der Waals surface area contributed by atoms with Gasteiger partial charge in [-0.05, 0) is 94.7 Å². The van der Waals surface area contributed by atoms with Gasteiger partial charge in [0.2, 0.25) is 5.91 Å². The van der Waals surface area contributed by atoms with Crippen molar-refractivity contribution in [3.63, 3.8) is 0 Å². The van der Waals surface area contributed by atoms with Crippen molar-refractivity contribution in [2.75, 3.05) is 6.54 Å². The molecule has 188 valence electrons. The van der Waals surface area contributed by atoms with Crippen LogP contribution in [0.1, 0.15) is 71.3 Å². The van der Waals surface area contributed by atoms with Gasteiger partial charge in [-0.2, -0.15) is 0 Å². The summed E-state index contributed by atoms with van der Waals surface area (Å²) in [4.78, 5) is 28.0. The Morgan fingerprint density at radius 2 is 2.03 bits per heavy atom. The Labute approximate surface area is 207 Å². The maximum atomic E-state index is 13.3. The van der Waals surface area contributed by atoms with Crippen molar-refractivity contribution in [3.05, 3.63) is 35.4 Å². The number of allylic oxidation sites excluding steroid dienone is 2. The van der Waals surface area contributed by atoms with E-state index in [1.807, 2.05) is 46.0 Å². The molecule has 0 unspecified atom stereocenters. The number of fused-ring (bicyclic) bond motifs is 1. The molecule has 2 atom stereocenters. The first-order valence-electron chi connectivity index (χ1n) is 12.8. The molecule has 35 heavy (non-hydrogen) atoms. The number of amides is 2. The quantitative estimate of drug-likeness (QED) is 0.638. The second kappa shape index (κ2) is 8.95. The molecule has 0 bridgehead atoms. The Morgan fingerprint density at radius 1 is 1.23 bits per heavy atom. The SMILES string of the molecule is Cn1nnc2cc(CNC(=O)[C@@H]3C[C@@H](CC4=CCC5(CC4)CC5)CN3C(=O)OC(C)(C)C)ccc21. The number of carbonyl (C=O) groups excluding carboxylic acids is 2. The van der Waals surface area contributed by atoms with E-state index < -0.39 is 17.7 Å². The van der Waals surface area contributed by atoms with Crippen molar-refractivity contribution < 1.29 is 14.3 Å². The van der Waals surface area contributed by atoms with Gasteiger partial charge in [0, 0.05) is 20.1 Å². The summed E-state index contributed by atoms with van der Waals surface area (Å²) in [5.41, 5.74) is 4.19. The highest BCUT2D eigenvalue weighted by atomic mass is 16.6. The first-order chi connectivity index (χ1) is 16.6. The molecule has 1 aliphatic heterocycles. The van der Waals surface area contributed by atoms with E-state index >= 15 is 0 Å². The molecular formula is C27H37N5O3. The van der Waals surface area contributed by atoms with Crippen molar-refractivity contribution in [3.8, 4) is 0 Å². The molecule has 1 aromatic heterocycles. The molecule has 1 spiro atoms. The van der Waals surface area contributed by atoms with Crippen LogP contribution in [0.25, 0.3) is 11.0 Å². The van der Waals surface area contributed by atoms with Crippen molar-refractivity contribution >= 4 is 23.0 Å². The number of likely N-dealkylation sites (tertiary alicyclic amines) is 1. The van der Waals surface area contributed by atoms with Crippen LogP contribution in [0, 0.1) is 11.3 Å². The zero-order valence-corrected chi connectivity index (χ0v) is 21.3. The summed E-state index contributed by atoms with van der Waals surface area (Å²) in [6.07, 6.45) is 10.0. The number of rotatable bonds is 5. The summed E-state index contributed by atoms with van der Waals surface area (Å²) in [7, 11) is 1.85. The molecule has 1 saturated heterocycles. The standard InChI is InChI=1S/C27H37N5O3/c1-26(2,3)35-25(34)32-17-20(13-18-7-9-27(10-8-18)11-12-27)15-23(32)24(33)28-16-19-5-6-22-21(14-19)29-30-31(22)4/h5-7,14,20,23H,8-13,15-17H2,1-4H3,(H,28,33)/t20-,23+/m1/s1. The summed E-state index contributed by atoms with van der Waals surface area (Å²) in [5, 5.41) is 11.2. The molecule has 2 amide bonds. The van der Waals surface area contributed by atoms with Gasteiger partial charge in [0.1, 0.15) is 17.2 Å². The van der Waals surface area contributed by atoms with Crippen molar-refractivity contribution in [2.45, 2.75) is 83.9 Å². The van der Waals surface area contributed by atoms with Gasteiger partial charge in [0.15, 0.2) is 0 Å². The Morgan fingerprint density at radius 3 is 2.71 bits per heavy atom. The lowest BCUT2D eigenvalue weighted by molar-refractivity contribution is -0.125. The van der Waals surface area contributed by atoms with Gasteiger partial charge in [-0.15, -0.1) is 5.10 Å². The molecule has 1 aromatic carbocycles. The van der Waals surface area contributed by atoms with Crippen LogP contribution in [0.5, 0.6) is 0 Å². The molecule has 2 aromatic rings. The summed E-state index contributed by atoms with van der Waals surface area (Å²) in [6, 6.07) is 5.35. The fourth-order valence-corrected chi connectivity index (χ4v) is 5.52. The monoisotopic (exact) mass is 479 g/mol. The topological polar surface area (TPSA) is 89.4 Å². The van der Waals surface area contributed by atoms with E-state index in [4.69, 9.17) is 4.74 Å². The maximum absolute atomic E-state index is 13.3. The van der Waals surface area contributed by atoms with E-state index in [0.717, 1.165) is 29.4 Å². The fourth-order valence-electron chi connectivity index (χ4n) is 5.52. The lowest BCUT2D eigenvalue weighted by Crippen LogP contribution is -2.47. The lowest BCUT2D eigenvalue weighted by atomic mass is 9.83. The van der Waals surface area contributed by atoms with Crippen molar-refractivity contribution in [1.82, 2.24) is 25.2 Å². The number of aryl methyl sites for hydroxylation is 1. The number of ether oxygens (including phenoxy) is 1. The zero-order chi connectivity index (χ0) is 24.8. The smallest absolute Gasteiger partial charge is 0.410 e. The number of aromatic nitrogens is 3. The molecule has 2 aliphatic carbocycles. The van der Waals surface area contributed by atoms with E-state index in [-0.39, 0.29) is 11.8 Å². The lowest BCUT2D eigenvalue weighted by Gasteiger charge is -2.28. The average molecular weight is 480 g/mol. The van der Waals surface area contributed by atoms with Crippen LogP contribution in [-0.2, 0) is 23.1 Å². The zero-order valence-electron chi connectivity index (χ0n) is 21.3. The number of hydrogen-bond donors (Lipinski definition) is 1. The minimum atomic E-state index is -0.604. The summed E-state index contributed by atoms with van der Waals surface area (Å²) in [6.45, 7) is 6.51. The molecule has 5 rings (SSSR count). The van der Waals surface area contributed by atoms with Crippen LogP contribution in [0.2, 0.25) is 0 Å². The predicted octanol–water partition coefficient (Wildman–Crippen LogP) is 4.49. The highest BCUT2D eigenvalue weighted by molar-refractivity contribution is 5.86. The van der Waals surface area contributed by atoms with E-state index in [1.54, 1.807) is 9.58 Å². The third-order valence-electron chi connectivity index (χ3n) is 7.77. The molecular weight excluding hydrogens is 442 g/mol. The van der Waals surface area contributed by atoms with Gasteiger partial charge in [-0.3, -0.25) is 9.69 Å². The van der Waals surface area contributed by atoms with E-state index in [2.05, 4.69) is 21.7 Å². The van der Waals surface area contributed by atoms with Gasteiger partial charge in [0.05, 0.1) is 5.52 Å². The van der Waals surface area contributed by atoms with E-state index in [9.17, 15) is 9.59 Å². The molecule has 2 fully saturated rings. The van der Waals surface area contributed by atoms with Gasteiger partial charge >= 0.3 is 6.09 Å². The first-order valence-corrected chi connectivity index (χ1v) is 12.8. The van der Waals surface area contributed by atoms with Crippen LogP contribution >= 0.6 is 0 Å². The Kier molecular flexibility index (Phi) is 6.09. The second-order valence-electron chi connectivity index (χ2n) is 11.8. The van der Waals surface area contributed by atoms with Gasteiger partial charge < -0.3 is 10.1 Å². The van der Waals surface area contributed by atoms with Crippen molar-refractivity contribution in [2.24, 2.45) is 18.4 Å². The molecule has 8 heteroatoms. The number of carbonyl (C=O) groups is 2. The average Bonchev–Trinajstić information content (AvgIpc) is 3.25. The van der Waals surface area contributed by atoms with E-state index in [1.165, 1.54) is 31.3 Å². The fraction of sp³-hybridized carbons (Fsp3) is 0.630. The molecule has 2 heterocycles. The second-order valence-corrected chi connectivity index (χ2v) is 11.8. The van der Waals surface area contributed by atoms with Gasteiger partial charge in [0.25, 0.3) is 0 Å². The highest BCUT2D eigenvalue weighted by Crippen LogP contribution is 2.56. The van der Waals surface area contributed by atoms with Crippen LogP contribution in [0.15, 0.2) is 29.8 Å². The minimum absolute atomic E-state index is 0.132. The van der Waals surface area contributed by atoms with E-state index in [0.29, 0.717) is 24.9 Å². The Hall–Kier alpha value is -2.90. The van der Waals surface area contributed by atoms with Crippen molar-refractivity contribution in [1.29, 1.82) is 0 Å². The van der Waals surface area contributed by atoms with Crippen LogP contribution < -0.4 is 5.32 Å². The molecule has 1 N–H and O–H groups in total. The first kappa shape index (κ1) is 23.8. The summed E-state index contributed by atoms with van der Waals surface area (Å²) in [5.74, 6) is 0.140. The normalized spacial score (nSPS) is 23.4. The minimum Gasteiger partial charge on any atom is -0.444 e. The summed E-state index contributed by atoms with van der Waals surface area (Å²) >= 11 is 0. The van der Waals surface area contributed by atoms with Gasteiger partial charge in [-0.1, -0.05) is 22.9 Å². The van der Waals surface area contributed by atoms with Crippen LogP contribution in [-0.4, -0.2) is 50.1 Å². The summed E-state index contributed by atoms with van der Waals surface area (Å²) < 4.78 is 7.39. The Bertz CT molecular complexity index is 1160. The van der Waals surface area contributed by atoms with Crippen LogP contribution in [0.3, 0.4) is 0 Å². The number of benzene rings is 1. The number of hydrogen-bond acceptors (Lipinski definition) is 5. The Balaban J connectivity index is 1.25. The third kappa shape index (κ3) is 5.36. The van der Waals surface area contributed by atoms with Crippen LogP contribution in [0.4, 0.5) is 4.79 Å². The molecule has 0 radical (unpaired) electrons. The molecule has 1 saturated carbocycles.